The molecule has 0 spiro atoms. The molecular weight excluding hydrogens is 460 g/mol. The van der Waals surface area contributed by atoms with Crippen LogP contribution in [0.2, 0.25) is 5.02 Å². The minimum atomic E-state index is -3.76. The van der Waals surface area contributed by atoms with Crippen molar-refractivity contribution in [3.63, 3.8) is 0 Å². The van der Waals surface area contributed by atoms with Crippen molar-refractivity contribution in [2.24, 2.45) is 5.92 Å². The second kappa shape index (κ2) is 10.0. The number of rotatable bonds is 6. The number of aryl methyl sites for hydroxylation is 1. The van der Waals surface area contributed by atoms with Crippen molar-refractivity contribution in [3.8, 4) is 0 Å². The minimum Gasteiger partial charge on any atom is -0.481 e. The average molecular weight is 491 g/mol. The fourth-order valence-electron chi connectivity index (χ4n) is 5.18. The van der Waals surface area contributed by atoms with Gasteiger partial charge in [-0.15, -0.1) is 0 Å². The number of carboxylic acid groups (broad SMARTS) is 1. The lowest BCUT2D eigenvalue weighted by Crippen LogP contribution is -2.46. The molecule has 1 atom stereocenters. The van der Waals surface area contributed by atoms with E-state index in [-0.39, 0.29) is 17.4 Å². The summed E-state index contributed by atoms with van der Waals surface area (Å²) in [7, 11) is -2.06. The normalized spacial score (nSPS) is 21.4. The predicted octanol–water partition coefficient (Wildman–Crippen LogP) is 5.47. The Bertz CT molecular complexity index is 1100. The summed E-state index contributed by atoms with van der Waals surface area (Å²) in [5.41, 5.74) is 2.18. The van der Waals surface area contributed by atoms with Gasteiger partial charge >= 0.3 is 5.97 Å². The van der Waals surface area contributed by atoms with E-state index in [1.807, 2.05) is 30.3 Å². The molecule has 1 N–H and O–H groups in total. The van der Waals surface area contributed by atoms with Crippen molar-refractivity contribution >= 4 is 39.0 Å². The first-order valence-electron chi connectivity index (χ1n) is 11.6. The summed E-state index contributed by atoms with van der Waals surface area (Å²) in [5.74, 6) is -0.566. The quantitative estimate of drug-likeness (QED) is 0.581. The molecule has 8 heteroatoms. The molecule has 0 amide bonds. The molecule has 0 radical (unpaired) electrons. The van der Waals surface area contributed by atoms with E-state index in [1.165, 1.54) is 6.42 Å². The van der Waals surface area contributed by atoms with Crippen LogP contribution in [0.4, 0.5) is 11.4 Å². The molecule has 1 heterocycles. The maximum Gasteiger partial charge on any atom is 0.303 e. The Labute approximate surface area is 201 Å². The first-order valence-corrected chi connectivity index (χ1v) is 13.5. The summed E-state index contributed by atoms with van der Waals surface area (Å²) in [4.78, 5) is 13.3. The number of sulfonamides is 1. The molecule has 1 unspecified atom stereocenters. The second-order valence-corrected chi connectivity index (χ2v) is 11.5. The van der Waals surface area contributed by atoms with E-state index >= 15 is 0 Å². The van der Waals surface area contributed by atoms with Crippen molar-refractivity contribution in [2.45, 2.75) is 62.3 Å². The summed E-state index contributed by atoms with van der Waals surface area (Å²) in [5, 5.41) is 9.45. The first-order chi connectivity index (χ1) is 15.8. The smallest absolute Gasteiger partial charge is 0.303 e. The topological polar surface area (TPSA) is 77.9 Å². The predicted molar refractivity (Wildman–Crippen MR) is 131 cm³/mol. The Balaban J connectivity index is 1.82. The number of likely N-dealkylation sites (N-methyl/N-ethyl adjacent to an activating group) is 1. The highest BCUT2D eigenvalue weighted by atomic mass is 35.5. The number of hydrogen-bond acceptors (Lipinski definition) is 4. The van der Waals surface area contributed by atoms with Gasteiger partial charge in [-0.2, -0.15) is 4.31 Å². The third-order valence-corrected chi connectivity index (χ3v) is 9.27. The van der Waals surface area contributed by atoms with E-state index in [0.717, 1.165) is 31.4 Å². The van der Waals surface area contributed by atoms with E-state index < -0.39 is 16.0 Å². The number of para-hydroxylation sites is 1. The Morgan fingerprint density at radius 2 is 1.82 bits per heavy atom. The van der Waals surface area contributed by atoms with Gasteiger partial charge in [-0.1, -0.05) is 49.1 Å². The molecule has 2 aromatic rings. The van der Waals surface area contributed by atoms with Crippen LogP contribution in [0, 0.1) is 5.92 Å². The van der Waals surface area contributed by atoms with Gasteiger partial charge in [-0.05, 0) is 61.4 Å². The molecule has 0 bridgehead atoms. The van der Waals surface area contributed by atoms with E-state index in [4.69, 9.17) is 16.7 Å². The first kappa shape index (κ1) is 24.0. The van der Waals surface area contributed by atoms with Crippen LogP contribution >= 0.6 is 11.6 Å². The molecule has 6 nitrogen and oxygen atoms in total. The highest BCUT2D eigenvalue weighted by Gasteiger charge is 2.41. The van der Waals surface area contributed by atoms with Gasteiger partial charge < -0.3 is 10.0 Å². The molecule has 0 aromatic heterocycles. The van der Waals surface area contributed by atoms with Crippen LogP contribution in [-0.2, 0) is 21.2 Å². The lowest BCUT2D eigenvalue weighted by atomic mass is 9.83. The molecule has 178 valence electrons. The standard InChI is InChI=1S/C25H31ClN2O4S/c1-27-23(18-9-4-2-5-10-18)17-28(20-12-6-3-7-13-20)22-16-21(26)19(11-8-14-25(29)30)15-24(22)33(27,31)32/h3,6-7,12-13,15-16,18,23H,2,4-5,8-11,14,17H2,1H3,(H,29,30). The minimum absolute atomic E-state index is 0.0139. The SMILES string of the molecule is CN1C(C2CCCCC2)CN(c2ccccc2)c2cc(Cl)c(CCCC(=O)O)cc2S1(=O)=O. The number of carbonyl (C=O) groups is 1. The molecule has 33 heavy (non-hydrogen) atoms. The van der Waals surface area contributed by atoms with Crippen LogP contribution in [0.1, 0.15) is 50.5 Å². The van der Waals surface area contributed by atoms with Gasteiger partial charge in [-0.25, -0.2) is 8.42 Å². The monoisotopic (exact) mass is 490 g/mol. The number of anilines is 2. The Kier molecular flexibility index (Phi) is 7.31. The number of hydrogen-bond donors (Lipinski definition) is 1. The van der Waals surface area contributed by atoms with Gasteiger partial charge in [0.1, 0.15) is 4.90 Å². The third kappa shape index (κ3) is 5.05. The Hall–Kier alpha value is -2.09. The van der Waals surface area contributed by atoms with Crippen molar-refractivity contribution in [2.75, 3.05) is 18.5 Å². The third-order valence-electron chi connectivity index (χ3n) is 7.01. The van der Waals surface area contributed by atoms with E-state index in [9.17, 15) is 13.2 Å². The zero-order valence-electron chi connectivity index (χ0n) is 18.9. The number of halogens is 1. The average Bonchev–Trinajstić information content (AvgIpc) is 2.88. The summed E-state index contributed by atoms with van der Waals surface area (Å²) in [6, 6.07) is 13.1. The largest absolute Gasteiger partial charge is 0.481 e. The van der Waals surface area contributed by atoms with Gasteiger partial charge in [0.15, 0.2) is 0 Å². The van der Waals surface area contributed by atoms with Crippen LogP contribution < -0.4 is 4.90 Å². The molecule has 1 aliphatic carbocycles. The number of fused-ring (bicyclic) bond motifs is 1. The zero-order chi connectivity index (χ0) is 23.6. The molecule has 0 saturated heterocycles. The maximum atomic E-state index is 13.9. The van der Waals surface area contributed by atoms with Gasteiger partial charge in [0.25, 0.3) is 0 Å². The van der Waals surface area contributed by atoms with Gasteiger partial charge in [-0.3, -0.25) is 4.79 Å². The lowest BCUT2D eigenvalue weighted by molar-refractivity contribution is -0.137. The van der Waals surface area contributed by atoms with Crippen molar-refractivity contribution in [1.29, 1.82) is 0 Å². The van der Waals surface area contributed by atoms with Crippen LogP contribution in [0.3, 0.4) is 0 Å². The summed E-state index contributed by atoms with van der Waals surface area (Å²) < 4.78 is 29.3. The summed E-state index contributed by atoms with van der Waals surface area (Å²) in [6.07, 6.45) is 6.36. The van der Waals surface area contributed by atoms with E-state index in [2.05, 4.69) is 4.90 Å². The van der Waals surface area contributed by atoms with E-state index in [1.54, 1.807) is 23.5 Å². The molecule has 4 rings (SSSR count). The Morgan fingerprint density at radius 3 is 2.48 bits per heavy atom. The molecule has 1 aliphatic heterocycles. The molecule has 2 aliphatic rings. The van der Waals surface area contributed by atoms with Crippen LogP contribution in [-0.4, -0.2) is 43.4 Å². The summed E-state index contributed by atoms with van der Waals surface area (Å²) >= 11 is 6.61. The van der Waals surface area contributed by atoms with Crippen molar-refractivity contribution < 1.29 is 18.3 Å². The van der Waals surface area contributed by atoms with Crippen LogP contribution in [0.5, 0.6) is 0 Å². The number of benzene rings is 2. The van der Waals surface area contributed by atoms with Crippen molar-refractivity contribution in [3.05, 3.63) is 53.1 Å². The van der Waals surface area contributed by atoms with Crippen LogP contribution in [0.25, 0.3) is 0 Å². The van der Waals surface area contributed by atoms with Gasteiger partial charge in [0.05, 0.1) is 5.69 Å². The molecule has 2 aromatic carbocycles. The van der Waals surface area contributed by atoms with Crippen molar-refractivity contribution in [1.82, 2.24) is 4.31 Å². The van der Waals surface area contributed by atoms with E-state index in [0.29, 0.717) is 41.6 Å². The fourth-order valence-corrected chi connectivity index (χ4v) is 7.06. The highest BCUT2D eigenvalue weighted by Crippen LogP contribution is 2.42. The van der Waals surface area contributed by atoms with Gasteiger partial charge in [0, 0.05) is 36.8 Å². The summed E-state index contributed by atoms with van der Waals surface area (Å²) in [6.45, 7) is 0.562. The number of nitrogens with zero attached hydrogens (tertiary/aromatic N) is 2. The second-order valence-electron chi connectivity index (χ2n) is 9.09. The lowest BCUT2D eigenvalue weighted by Gasteiger charge is -2.36. The van der Waals surface area contributed by atoms with Crippen LogP contribution in [0.15, 0.2) is 47.4 Å². The molecular formula is C25H31ClN2O4S. The molecule has 1 fully saturated rings. The number of aliphatic carboxylic acids is 1. The highest BCUT2D eigenvalue weighted by molar-refractivity contribution is 7.89. The maximum absolute atomic E-state index is 13.9. The zero-order valence-corrected chi connectivity index (χ0v) is 20.5. The fraction of sp³-hybridized carbons (Fsp3) is 0.480. The van der Waals surface area contributed by atoms with Gasteiger partial charge in [0.2, 0.25) is 10.0 Å². The number of carboxylic acids is 1. The Morgan fingerprint density at radius 1 is 1.12 bits per heavy atom. The molecule has 1 saturated carbocycles.